The fourth-order valence-corrected chi connectivity index (χ4v) is 7.71. The third kappa shape index (κ3) is 5.42. The topological polar surface area (TPSA) is 17.3 Å². The van der Waals surface area contributed by atoms with Gasteiger partial charge >= 0.3 is 0 Å². The number of fused-ring (bicyclic) bond motifs is 4. The molecular formula is C49H36N2. The van der Waals surface area contributed by atoms with Crippen molar-refractivity contribution in [3.05, 3.63) is 210 Å². The van der Waals surface area contributed by atoms with Crippen molar-refractivity contribution in [3.8, 4) is 27.9 Å². The summed E-state index contributed by atoms with van der Waals surface area (Å²) in [5.41, 5.74) is 17.4. The van der Waals surface area contributed by atoms with Gasteiger partial charge in [0.15, 0.2) is 0 Å². The van der Waals surface area contributed by atoms with Crippen LogP contribution in [0.5, 0.6) is 0 Å². The molecule has 0 fully saturated rings. The van der Waals surface area contributed by atoms with E-state index in [0.717, 1.165) is 29.1 Å². The van der Waals surface area contributed by atoms with Gasteiger partial charge in [-0.25, -0.2) is 4.99 Å². The highest BCUT2D eigenvalue weighted by atomic mass is 15.0. The van der Waals surface area contributed by atoms with Gasteiger partial charge < -0.3 is 4.57 Å². The van der Waals surface area contributed by atoms with E-state index in [9.17, 15) is 0 Å². The number of hydrogen-bond acceptors (Lipinski definition) is 1. The van der Waals surface area contributed by atoms with Crippen LogP contribution in [0.3, 0.4) is 0 Å². The maximum absolute atomic E-state index is 5.25. The second-order valence-corrected chi connectivity index (χ2v) is 13.3. The first-order valence-corrected chi connectivity index (χ1v) is 17.5. The zero-order valence-electron chi connectivity index (χ0n) is 28.6. The SMILES string of the molecule is C=C(N=C1/C(=C(\C)c2ccccc2)Cc2c1cccc2-c1cccc(-c2cccc(-n3c4ccccc4c4ccccc43)c2)c1)c1ccccc1. The lowest BCUT2D eigenvalue weighted by atomic mass is 9.93. The van der Waals surface area contributed by atoms with E-state index in [-0.39, 0.29) is 0 Å². The minimum Gasteiger partial charge on any atom is -0.309 e. The van der Waals surface area contributed by atoms with Crippen molar-refractivity contribution in [2.24, 2.45) is 4.99 Å². The fourth-order valence-electron chi connectivity index (χ4n) is 7.71. The molecular weight excluding hydrogens is 617 g/mol. The smallest absolute Gasteiger partial charge is 0.0750 e. The van der Waals surface area contributed by atoms with Gasteiger partial charge in [-0.05, 0) is 87.3 Å². The summed E-state index contributed by atoms with van der Waals surface area (Å²) in [7, 11) is 0. The predicted molar refractivity (Wildman–Crippen MR) is 216 cm³/mol. The van der Waals surface area contributed by atoms with Crippen LogP contribution in [0.4, 0.5) is 0 Å². The van der Waals surface area contributed by atoms with Gasteiger partial charge in [0.2, 0.25) is 0 Å². The normalized spacial score (nSPS) is 14.3. The summed E-state index contributed by atoms with van der Waals surface area (Å²) in [5.74, 6) is 0. The van der Waals surface area contributed by atoms with Crippen LogP contribution >= 0.6 is 0 Å². The highest BCUT2D eigenvalue weighted by Gasteiger charge is 2.28. The number of rotatable bonds is 6. The Bertz CT molecular complexity index is 2620. The standard InChI is InChI=1S/C49H36N2/c1-33(35-16-5-3-6-17-35)45-32-46-41(26-15-27-44(46)49(45)50-34(2)36-18-7-4-8-19-36)39-22-13-20-37(30-39)38-21-14-23-40(31-38)51-47-28-11-9-24-42(47)43-25-10-12-29-48(43)51/h3-31H,2,32H2,1H3/b45-33+,50-49?. The Morgan fingerprint density at radius 1 is 0.529 bits per heavy atom. The van der Waals surface area contributed by atoms with E-state index in [1.54, 1.807) is 0 Å². The minimum absolute atomic E-state index is 0.771. The van der Waals surface area contributed by atoms with Gasteiger partial charge in [0.25, 0.3) is 0 Å². The molecule has 0 N–H and O–H groups in total. The van der Waals surface area contributed by atoms with Gasteiger partial charge in [-0.1, -0.05) is 152 Å². The van der Waals surface area contributed by atoms with Crippen LogP contribution in [-0.2, 0) is 6.42 Å². The van der Waals surface area contributed by atoms with Gasteiger partial charge in [0, 0.05) is 28.4 Å². The highest BCUT2D eigenvalue weighted by Crippen LogP contribution is 2.40. The van der Waals surface area contributed by atoms with Crippen LogP contribution in [0.1, 0.15) is 29.2 Å². The highest BCUT2D eigenvalue weighted by molar-refractivity contribution is 6.22. The molecule has 0 saturated heterocycles. The zero-order valence-corrected chi connectivity index (χ0v) is 28.6. The lowest BCUT2D eigenvalue weighted by molar-refractivity contribution is 1.18. The quantitative estimate of drug-likeness (QED) is 0.170. The summed E-state index contributed by atoms with van der Waals surface area (Å²) >= 11 is 0. The van der Waals surface area contributed by atoms with Crippen LogP contribution in [-0.4, -0.2) is 10.3 Å². The zero-order chi connectivity index (χ0) is 34.3. The molecule has 0 aliphatic heterocycles. The van der Waals surface area contributed by atoms with Gasteiger partial charge in [0.1, 0.15) is 0 Å². The molecule has 1 heterocycles. The summed E-state index contributed by atoms with van der Waals surface area (Å²) in [6, 6.07) is 62.8. The number of benzene rings is 7. The maximum atomic E-state index is 5.25. The summed E-state index contributed by atoms with van der Waals surface area (Å²) < 4.78 is 2.38. The molecule has 9 rings (SSSR count). The van der Waals surface area contributed by atoms with Crippen molar-refractivity contribution >= 4 is 38.8 Å². The Balaban J connectivity index is 1.15. The summed E-state index contributed by atoms with van der Waals surface area (Å²) in [4.78, 5) is 5.25. The molecule has 2 nitrogen and oxygen atoms in total. The van der Waals surface area contributed by atoms with Gasteiger partial charge in [0.05, 0.1) is 22.4 Å². The number of aliphatic imine (C=N–C) groups is 1. The first-order valence-electron chi connectivity index (χ1n) is 17.5. The molecule has 0 spiro atoms. The van der Waals surface area contributed by atoms with Crippen molar-refractivity contribution in [1.29, 1.82) is 0 Å². The lowest BCUT2D eigenvalue weighted by Gasteiger charge is -2.12. The summed E-state index contributed by atoms with van der Waals surface area (Å²) in [5, 5.41) is 2.54. The Hall–Kier alpha value is -6.51. The Labute approximate surface area is 299 Å². The van der Waals surface area contributed by atoms with Crippen LogP contribution in [0.25, 0.3) is 61.0 Å². The molecule has 0 amide bonds. The number of nitrogens with zero attached hydrogens (tertiary/aromatic N) is 2. The van der Waals surface area contributed by atoms with Crippen molar-refractivity contribution in [1.82, 2.24) is 4.57 Å². The average Bonchev–Trinajstić information content (AvgIpc) is 3.74. The number of allylic oxidation sites excluding steroid dienone is 2. The van der Waals surface area contributed by atoms with Gasteiger partial charge in [-0.2, -0.15) is 0 Å². The molecule has 1 aromatic heterocycles. The molecule has 7 aromatic carbocycles. The first-order chi connectivity index (χ1) is 25.1. The molecule has 0 atom stereocenters. The number of para-hydroxylation sites is 2. The van der Waals surface area contributed by atoms with Gasteiger partial charge in [-0.3, -0.25) is 0 Å². The third-order valence-corrected chi connectivity index (χ3v) is 10.3. The fraction of sp³-hybridized carbons (Fsp3) is 0.0408. The molecule has 1 aliphatic carbocycles. The van der Waals surface area contributed by atoms with E-state index in [1.165, 1.54) is 71.9 Å². The first kappa shape index (κ1) is 30.5. The third-order valence-electron chi connectivity index (χ3n) is 10.3. The van der Waals surface area contributed by atoms with E-state index in [2.05, 4.69) is 176 Å². The van der Waals surface area contributed by atoms with Crippen molar-refractivity contribution in [2.45, 2.75) is 13.3 Å². The van der Waals surface area contributed by atoms with E-state index >= 15 is 0 Å². The summed E-state index contributed by atoms with van der Waals surface area (Å²) in [6.45, 7) is 6.62. The van der Waals surface area contributed by atoms with Crippen molar-refractivity contribution in [2.75, 3.05) is 0 Å². The maximum Gasteiger partial charge on any atom is 0.0750 e. The largest absolute Gasteiger partial charge is 0.309 e. The molecule has 0 radical (unpaired) electrons. The second-order valence-electron chi connectivity index (χ2n) is 13.3. The van der Waals surface area contributed by atoms with E-state index in [4.69, 9.17) is 4.99 Å². The molecule has 1 aliphatic rings. The van der Waals surface area contributed by atoms with E-state index in [1.807, 2.05) is 18.2 Å². The summed E-state index contributed by atoms with van der Waals surface area (Å²) in [6.07, 6.45) is 0.806. The molecule has 0 unspecified atom stereocenters. The second kappa shape index (κ2) is 12.7. The van der Waals surface area contributed by atoms with Crippen molar-refractivity contribution in [3.63, 3.8) is 0 Å². The minimum atomic E-state index is 0.771. The van der Waals surface area contributed by atoms with Crippen LogP contribution in [0, 0.1) is 0 Å². The Morgan fingerprint density at radius 2 is 1.08 bits per heavy atom. The molecule has 0 saturated carbocycles. The molecule has 2 heteroatoms. The van der Waals surface area contributed by atoms with Crippen LogP contribution in [0.2, 0.25) is 0 Å². The molecule has 0 bridgehead atoms. The van der Waals surface area contributed by atoms with Gasteiger partial charge in [-0.15, -0.1) is 0 Å². The van der Waals surface area contributed by atoms with Crippen molar-refractivity contribution < 1.29 is 0 Å². The molecule has 242 valence electrons. The van der Waals surface area contributed by atoms with Crippen LogP contribution in [0.15, 0.2) is 193 Å². The lowest BCUT2D eigenvalue weighted by Crippen LogP contribution is -2.02. The number of aromatic nitrogens is 1. The average molecular weight is 653 g/mol. The number of hydrogen-bond donors (Lipinski definition) is 0. The van der Waals surface area contributed by atoms with E-state index < -0.39 is 0 Å². The molecule has 8 aromatic rings. The predicted octanol–water partition coefficient (Wildman–Crippen LogP) is 12.6. The monoisotopic (exact) mass is 652 g/mol. The van der Waals surface area contributed by atoms with E-state index in [0.29, 0.717) is 0 Å². The Morgan fingerprint density at radius 3 is 1.78 bits per heavy atom. The van der Waals surface area contributed by atoms with Crippen LogP contribution < -0.4 is 0 Å². The molecule has 51 heavy (non-hydrogen) atoms. The Kier molecular flexibility index (Phi) is 7.63.